The van der Waals surface area contributed by atoms with Gasteiger partial charge < -0.3 is 10.2 Å². The van der Waals surface area contributed by atoms with Gasteiger partial charge in [0.1, 0.15) is 22.7 Å². The van der Waals surface area contributed by atoms with E-state index in [-0.39, 0.29) is 17.4 Å². The third-order valence-corrected chi connectivity index (χ3v) is 8.03. The van der Waals surface area contributed by atoms with E-state index in [0.717, 1.165) is 40.5 Å². The Balaban J connectivity index is 1.32. The van der Waals surface area contributed by atoms with Gasteiger partial charge in [-0.3, -0.25) is 14.3 Å². The van der Waals surface area contributed by atoms with Crippen LogP contribution in [0.2, 0.25) is 0 Å². The van der Waals surface area contributed by atoms with Crippen molar-refractivity contribution >= 4 is 39.0 Å². The molecule has 1 aromatic carbocycles. The molecule has 0 atom stereocenters. The summed E-state index contributed by atoms with van der Waals surface area (Å²) >= 11 is 1.69. The summed E-state index contributed by atoms with van der Waals surface area (Å²) in [5, 5.41) is 4.06. The van der Waals surface area contributed by atoms with Crippen molar-refractivity contribution in [3.05, 3.63) is 63.1 Å². The Kier molecular flexibility index (Phi) is 5.73. The number of fused-ring (bicyclic) bond motifs is 1. The van der Waals surface area contributed by atoms with Crippen LogP contribution in [-0.4, -0.2) is 38.3 Å². The highest BCUT2D eigenvalue weighted by Gasteiger charge is 2.29. The van der Waals surface area contributed by atoms with Gasteiger partial charge in [0.15, 0.2) is 0 Å². The predicted octanol–water partition coefficient (Wildman–Crippen LogP) is 3.96. The van der Waals surface area contributed by atoms with Crippen molar-refractivity contribution in [2.45, 2.75) is 33.6 Å². The lowest BCUT2D eigenvalue weighted by Crippen LogP contribution is -2.39. The molecule has 1 amide bonds. The van der Waals surface area contributed by atoms with Gasteiger partial charge in [0.2, 0.25) is 5.91 Å². The lowest BCUT2D eigenvalue weighted by molar-refractivity contribution is -0.120. The molecule has 34 heavy (non-hydrogen) atoms. The van der Waals surface area contributed by atoms with Crippen molar-refractivity contribution in [1.29, 1.82) is 0 Å². The first kappa shape index (κ1) is 22.3. The third kappa shape index (κ3) is 3.69. The number of para-hydroxylation sites is 1. The molecule has 5 rings (SSSR count). The van der Waals surface area contributed by atoms with Crippen molar-refractivity contribution in [1.82, 2.24) is 19.3 Å². The highest BCUT2D eigenvalue weighted by molar-refractivity contribution is 7.18. The number of nitrogens with one attached hydrogen (secondary N) is 1. The van der Waals surface area contributed by atoms with Crippen LogP contribution < -0.4 is 15.8 Å². The molecule has 1 aliphatic rings. The SMILES string of the molecule is Cc1sc2ncnc(N3CCC(C(=O)Nc4c(C)n(C)n(-c5ccccc5)c4=O)CC3)c2c1C. The maximum absolute atomic E-state index is 13.1. The van der Waals surface area contributed by atoms with Gasteiger partial charge in [-0.25, -0.2) is 14.6 Å². The first-order valence-electron chi connectivity index (χ1n) is 11.5. The van der Waals surface area contributed by atoms with E-state index in [9.17, 15) is 9.59 Å². The van der Waals surface area contributed by atoms with Crippen LogP contribution in [-0.2, 0) is 11.8 Å². The predicted molar refractivity (Wildman–Crippen MR) is 136 cm³/mol. The van der Waals surface area contributed by atoms with E-state index in [1.165, 1.54) is 10.4 Å². The maximum atomic E-state index is 13.1. The molecule has 0 aliphatic carbocycles. The van der Waals surface area contributed by atoms with Gasteiger partial charge in [0, 0.05) is 30.9 Å². The van der Waals surface area contributed by atoms with Gasteiger partial charge in [-0.2, -0.15) is 0 Å². The summed E-state index contributed by atoms with van der Waals surface area (Å²) in [5.41, 5.74) is 2.85. The number of benzene rings is 1. The van der Waals surface area contributed by atoms with Gasteiger partial charge in [-0.1, -0.05) is 18.2 Å². The number of aryl methyl sites for hydroxylation is 2. The summed E-state index contributed by atoms with van der Waals surface area (Å²) in [6.07, 6.45) is 3.04. The average molecular weight is 477 g/mol. The number of piperidine rings is 1. The lowest BCUT2D eigenvalue weighted by atomic mass is 9.95. The molecule has 0 spiro atoms. The zero-order chi connectivity index (χ0) is 24.0. The van der Waals surface area contributed by atoms with Crippen LogP contribution in [0.5, 0.6) is 0 Å². The van der Waals surface area contributed by atoms with E-state index >= 15 is 0 Å². The number of hydrogen-bond donors (Lipinski definition) is 1. The summed E-state index contributed by atoms with van der Waals surface area (Å²) in [7, 11) is 1.83. The fourth-order valence-corrected chi connectivity index (χ4v) is 5.69. The molecular formula is C25H28N6O2S. The fraction of sp³-hybridized carbons (Fsp3) is 0.360. The van der Waals surface area contributed by atoms with Crippen LogP contribution >= 0.6 is 11.3 Å². The van der Waals surface area contributed by atoms with Gasteiger partial charge >= 0.3 is 0 Å². The number of rotatable bonds is 4. The molecule has 0 saturated carbocycles. The molecule has 9 heteroatoms. The molecule has 1 aliphatic heterocycles. The summed E-state index contributed by atoms with van der Waals surface area (Å²) in [5.74, 6) is 0.708. The summed E-state index contributed by atoms with van der Waals surface area (Å²) in [4.78, 5) is 39.8. The van der Waals surface area contributed by atoms with Gasteiger partial charge in [-0.05, 0) is 51.3 Å². The van der Waals surface area contributed by atoms with Crippen LogP contribution in [0, 0.1) is 26.7 Å². The van der Waals surface area contributed by atoms with Crippen molar-refractivity contribution in [3.63, 3.8) is 0 Å². The second-order valence-corrected chi connectivity index (χ2v) is 10.1. The molecule has 8 nitrogen and oxygen atoms in total. The molecule has 0 radical (unpaired) electrons. The van der Waals surface area contributed by atoms with E-state index in [2.05, 4.69) is 34.0 Å². The number of thiophene rings is 1. The largest absolute Gasteiger partial charge is 0.356 e. The first-order chi connectivity index (χ1) is 16.4. The Morgan fingerprint density at radius 2 is 1.79 bits per heavy atom. The van der Waals surface area contributed by atoms with Crippen LogP contribution in [0.25, 0.3) is 15.9 Å². The Hall–Kier alpha value is -3.46. The minimum Gasteiger partial charge on any atom is -0.356 e. The Morgan fingerprint density at radius 1 is 1.09 bits per heavy atom. The molecule has 1 saturated heterocycles. The van der Waals surface area contributed by atoms with E-state index in [4.69, 9.17) is 0 Å². The quantitative estimate of drug-likeness (QED) is 0.482. The van der Waals surface area contributed by atoms with Gasteiger partial charge in [0.25, 0.3) is 5.56 Å². The molecule has 4 aromatic rings. The standard InChI is InChI=1S/C25H28N6O2S/c1-15-17(3)34-24-20(15)22(26-14-27-24)30-12-10-18(11-13-30)23(32)28-21-16(2)29(4)31(25(21)33)19-8-6-5-7-9-19/h5-9,14,18H,10-13H2,1-4H3,(H,28,32). The average Bonchev–Trinajstić information content (AvgIpc) is 3.26. The van der Waals surface area contributed by atoms with Crippen molar-refractivity contribution in [2.75, 3.05) is 23.3 Å². The first-order valence-corrected chi connectivity index (χ1v) is 12.3. The third-order valence-electron chi connectivity index (χ3n) is 6.91. The Labute approximate surface area is 201 Å². The number of nitrogens with zero attached hydrogens (tertiary/aromatic N) is 5. The maximum Gasteiger partial charge on any atom is 0.295 e. The number of hydrogen-bond acceptors (Lipinski definition) is 6. The highest BCUT2D eigenvalue weighted by Crippen LogP contribution is 2.35. The van der Waals surface area contributed by atoms with Crippen LogP contribution in [0.3, 0.4) is 0 Å². The molecule has 1 N–H and O–H groups in total. The second kappa shape index (κ2) is 8.72. The molecular weight excluding hydrogens is 448 g/mol. The van der Waals surface area contributed by atoms with E-state index in [1.807, 2.05) is 44.3 Å². The van der Waals surface area contributed by atoms with E-state index in [1.54, 1.807) is 27.0 Å². The number of amides is 1. The van der Waals surface area contributed by atoms with Gasteiger partial charge in [0.05, 0.1) is 16.8 Å². The van der Waals surface area contributed by atoms with E-state index < -0.39 is 0 Å². The number of aromatic nitrogens is 4. The Morgan fingerprint density at radius 3 is 2.50 bits per heavy atom. The number of anilines is 2. The van der Waals surface area contributed by atoms with Crippen LogP contribution in [0.4, 0.5) is 11.5 Å². The topological polar surface area (TPSA) is 85.1 Å². The summed E-state index contributed by atoms with van der Waals surface area (Å²) in [6.45, 7) is 7.55. The number of carbonyl (C=O) groups excluding carboxylic acids is 1. The normalized spacial score (nSPS) is 14.6. The minimum absolute atomic E-state index is 0.0962. The van der Waals surface area contributed by atoms with Crippen molar-refractivity contribution in [3.8, 4) is 5.69 Å². The van der Waals surface area contributed by atoms with Crippen molar-refractivity contribution in [2.24, 2.45) is 13.0 Å². The van der Waals surface area contributed by atoms with Crippen LogP contribution in [0.1, 0.15) is 29.0 Å². The second-order valence-electron chi connectivity index (χ2n) is 8.85. The number of carbonyl (C=O) groups is 1. The molecule has 4 heterocycles. The molecule has 3 aromatic heterocycles. The van der Waals surface area contributed by atoms with Crippen LogP contribution in [0.15, 0.2) is 41.5 Å². The lowest BCUT2D eigenvalue weighted by Gasteiger charge is -2.32. The molecule has 0 unspecified atom stereocenters. The molecule has 0 bridgehead atoms. The smallest absolute Gasteiger partial charge is 0.295 e. The Bertz CT molecular complexity index is 1430. The van der Waals surface area contributed by atoms with Gasteiger partial charge in [-0.15, -0.1) is 11.3 Å². The fourth-order valence-electron chi connectivity index (χ4n) is 4.69. The highest BCUT2D eigenvalue weighted by atomic mass is 32.1. The van der Waals surface area contributed by atoms with E-state index in [0.29, 0.717) is 18.5 Å². The van der Waals surface area contributed by atoms with Crippen molar-refractivity contribution < 1.29 is 4.79 Å². The zero-order valence-corrected chi connectivity index (χ0v) is 20.6. The minimum atomic E-state index is -0.219. The summed E-state index contributed by atoms with van der Waals surface area (Å²) in [6, 6.07) is 9.44. The molecule has 1 fully saturated rings. The summed E-state index contributed by atoms with van der Waals surface area (Å²) < 4.78 is 3.36. The molecule has 176 valence electrons. The monoisotopic (exact) mass is 476 g/mol. The zero-order valence-electron chi connectivity index (χ0n) is 19.8.